The first-order valence-corrected chi connectivity index (χ1v) is 4.90. The fourth-order valence-corrected chi connectivity index (χ4v) is 1.64. The van der Waals surface area contributed by atoms with Gasteiger partial charge in [0.1, 0.15) is 5.75 Å². The van der Waals surface area contributed by atoms with Gasteiger partial charge in [-0.15, -0.1) is 0 Å². The maximum Gasteiger partial charge on any atom is 0.115 e. The van der Waals surface area contributed by atoms with E-state index < -0.39 is 0 Å². The summed E-state index contributed by atoms with van der Waals surface area (Å²) in [4.78, 5) is 0. The zero-order valence-electron chi connectivity index (χ0n) is 8.86. The Morgan fingerprint density at radius 2 is 1.80 bits per heavy atom. The van der Waals surface area contributed by atoms with Gasteiger partial charge in [0.2, 0.25) is 0 Å². The molecule has 2 aromatic rings. The van der Waals surface area contributed by atoms with E-state index in [0.29, 0.717) is 5.75 Å². The lowest BCUT2D eigenvalue weighted by Gasteiger charge is -2.23. The predicted octanol–water partition coefficient (Wildman–Crippen LogP) is 2.44. The number of aromatic nitrogens is 2. The minimum atomic E-state index is -0.121. The van der Waals surface area contributed by atoms with E-state index in [-0.39, 0.29) is 5.41 Å². The number of hydrogen-bond donors (Lipinski definition) is 2. The Labute approximate surface area is 88.8 Å². The lowest BCUT2D eigenvalue weighted by molar-refractivity contribution is 0.474. The molecule has 0 bridgehead atoms. The molecule has 1 heterocycles. The second-order valence-corrected chi connectivity index (χ2v) is 4.14. The molecule has 0 atom stereocenters. The van der Waals surface area contributed by atoms with E-state index in [1.165, 1.54) is 0 Å². The topological polar surface area (TPSA) is 48.9 Å². The summed E-state index contributed by atoms with van der Waals surface area (Å²) in [6.07, 6.45) is 1.75. The highest BCUT2D eigenvalue weighted by atomic mass is 16.3. The number of phenols is 1. The smallest absolute Gasteiger partial charge is 0.115 e. The Morgan fingerprint density at radius 1 is 1.13 bits per heavy atom. The van der Waals surface area contributed by atoms with Crippen molar-refractivity contribution >= 4 is 0 Å². The molecule has 2 rings (SSSR count). The molecule has 0 aliphatic carbocycles. The number of nitrogens with zero attached hydrogens (tertiary/aromatic N) is 1. The molecular formula is C12H14N2O. The number of nitrogens with one attached hydrogen (secondary N) is 1. The summed E-state index contributed by atoms with van der Waals surface area (Å²) in [5.41, 5.74) is 2.09. The van der Waals surface area contributed by atoms with Crippen molar-refractivity contribution in [3.63, 3.8) is 0 Å². The predicted molar refractivity (Wildman–Crippen MR) is 58.8 cm³/mol. The molecule has 0 saturated carbocycles. The number of benzene rings is 1. The molecule has 15 heavy (non-hydrogen) atoms. The van der Waals surface area contributed by atoms with Crippen LogP contribution in [0.5, 0.6) is 5.75 Å². The van der Waals surface area contributed by atoms with Crippen LogP contribution in [0.2, 0.25) is 0 Å². The highest BCUT2D eigenvalue weighted by Crippen LogP contribution is 2.30. The summed E-state index contributed by atoms with van der Waals surface area (Å²) >= 11 is 0. The number of aromatic hydroxyl groups is 1. The average Bonchev–Trinajstić information content (AvgIpc) is 2.71. The first-order chi connectivity index (χ1) is 7.10. The van der Waals surface area contributed by atoms with Crippen molar-refractivity contribution in [3.05, 3.63) is 47.8 Å². The molecule has 78 valence electrons. The van der Waals surface area contributed by atoms with E-state index >= 15 is 0 Å². The summed E-state index contributed by atoms with van der Waals surface area (Å²) in [6, 6.07) is 9.22. The van der Waals surface area contributed by atoms with Crippen molar-refractivity contribution in [1.82, 2.24) is 10.2 Å². The van der Waals surface area contributed by atoms with Gasteiger partial charge in [0, 0.05) is 17.3 Å². The molecule has 2 N–H and O–H groups in total. The Morgan fingerprint density at radius 3 is 2.33 bits per heavy atom. The third-order valence-corrected chi connectivity index (χ3v) is 2.76. The molecule has 0 unspecified atom stereocenters. The summed E-state index contributed by atoms with van der Waals surface area (Å²) in [5.74, 6) is 0.291. The molecule has 1 aromatic carbocycles. The second-order valence-electron chi connectivity index (χ2n) is 4.14. The molecule has 0 aliphatic heterocycles. The van der Waals surface area contributed by atoms with E-state index in [9.17, 15) is 5.11 Å². The van der Waals surface area contributed by atoms with Crippen LogP contribution in [0.3, 0.4) is 0 Å². The summed E-state index contributed by atoms with van der Waals surface area (Å²) in [6.45, 7) is 4.24. The van der Waals surface area contributed by atoms with Crippen LogP contribution in [0.25, 0.3) is 0 Å². The zero-order valence-corrected chi connectivity index (χ0v) is 8.86. The fourth-order valence-electron chi connectivity index (χ4n) is 1.64. The van der Waals surface area contributed by atoms with Crippen molar-refractivity contribution < 1.29 is 5.11 Å². The van der Waals surface area contributed by atoms with Gasteiger partial charge >= 0.3 is 0 Å². The van der Waals surface area contributed by atoms with Gasteiger partial charge in [0.05, 0.1) is 0 Å². The van der Waals surface area contributed by atoms with Gasteiger partial charge < -0.3 is 5.11 Å². The summed E-state index contributed by atoms with van der Waals surface area (Å²) in [5, 5.41) is 16.2. The standard InChI is InChI=1S/C12H14N2O/c1-12(2,11-7-8-13-14-11)9-3-5-10(15)6-4-9/h3-8,15H,1-2H3,(H,13,14). The van der Waals surface area contributed by atoms with Crippen molar-refractivity contribution in [2.75, 3.05) is 0 Å². The summed E-state index contributed by atoms with van der Waals surface area (Å²) in [7, 11) is 0. The SMILES string of the molecule is CC(C)(c1ccc(O)cc1)c1ccn[nH]1. The van der Waals surface area contributed by atoms with Crippen molar-refractivity contribution in [1.29, 1.82) is 0 Å². The van der Waals surface area contributed by atoms with Gasteiger partial charge in [-0.05, 0) is 23.8 Å². The molecule has 0 saturated heterocycles. The summed E-state index contributed by atoms with van der Waals surface area (Å²) < 4.78 is 0. The van der Waals surface area contributed by atoms with Crippen LogP contribution in [0.1, 0.15) is 25.1 Å². The molecule has 0 radical (unpaired) electrons. The van der Waals surface area contributed by atoms with E-state index in [0.717, 1.165) is 11.3 Å². The highest BCUT2D eigenvalue weighted by molar-refractivity contribution is 5.36. The van der Waals surface area contributed by atoms with E-state index in [2.05, 4.69) is 24.0 Å². The van der Waals surface area contributed by atoms with Gasteiger partial charge in [0.25, 0.3) is 0 Å². The minimum absolute atomic E-state index is 0.121. The van der Waals surface area contributed by atoms with Crippen molar-refractivity contribution in [3.8, 4) is 5.75 Å². The molecule has 0 amide bonds. The van der Waals surface area contributed by atoms with Crippen molar-refractivity contribution in [2.24, 2.45) is 0 Å². The first-order valence-electron chi connectivity index (χ1n) is 4.90. The van der Waals surface area contributed by atoms with Gasteiger partial charge in [-0.2, -0.15) is 5.10 Å². The normalized spacial score (nSPS) is 11.6. The third-order valence-electron chi connectivity index (χ3n) is 2.76. The first kappa shape index (κ1) is 9.77. The maximum absolute atomic E-state index is 9.23. The van der Waals surface area contributed by atoms with Gasteiger partial charge in [0.15, 0.2) is 0 Å². The molecule has 3 nitrogen and oxygen atoms in total. The van der Waals surface area contributed by atoms with Crippen LogP contribution in [0, 0.1) is 0 Å². The van der Waals surface area contributed by atoms with Crippen LogP contribution in [-0.2, 0) is 5.41 Å². The van der Waals surface area contributed by atoms with Gasteiger partial charge in [-0.25, -0.2) is 0 Å². The quantitative estimate of drug-likeness (QED) is 0.785. The maximum atomic E-state index is 9.23. The minimum Gasteiger partial charge on any atom is -0.508 e. The highest BCUT2D eigenvalue weighted by Gasteiger charge is 2.24. The number of aromatic amines is 1. The van der Waals surface area contributed by atoms with Gasteiger partial charge in [-0.3, -0.25) is 5.10 Å². The largest absolute Gasteiger partial charge is 0.508 e. The van der Waals surface area contributed by atoms with E-state index in [1.54, 1.807) is 18.3 Å². The zero-order chi connectivity index (χ0) is 10.9. The molecule has 0 spiro atoms. The lowest BCUT2D eigenvalue weighted by atomic mass is 9.82. The second kappa shape index (κ2) is 3.42. The fraction of sp³-hybridized carbons (Fsp3) is 0.250. The Hall–Kier alpha value is -1.77. The monoisotopic (exact) mass is 202 g/mol. The molecule has 0 fully saturated rings. The van der Waals surface area contributed by atoms with E-state index in [1.807, 2.05) is 18.2 Å². The molecular weight excluding hydrogens is 188 g/mol. The molecule has 3 heteroatoms. The molecule has 0 aliphatic rings. The Bertz CT molecular complexity index is 429. The van der Waals surface area contributed by atoms with E-state index in [4.69, 9.17) is 0 Å². The van der Waals surface area contributed by atoms with Crippen LogP contribution in [-0.4, -0.2) is 15.3 Å². The Balaban J connectivity index is 2.41. The van der Waals surface area contributed by atoms with Gasteiger partial charge in [-0.1, -0.05) is 26.0 Å². The number of phenolic OH excluding ortho intramolecular Hbond substituents is 1. The average molecular weight is 202 g/mol. The Kier molecular flexibility index (Phi) is 2.23. The van der Waals surface area contributed by atoms with Crippen LogP contribution in [0.4, 0.5) is 0 Å². The van der Waals surface area contributed by atoms with Crippen LogP contribution >= 0.6 is 0 Å². The third kappa shape index (κ3) is 1.73. The number of H-pyrrole nitrogens is 1. The van der Waals surface area contributed by atoms with Crippen LogP contribution < -0.4 is 0 Å². The lowest BCUT2D eigenvalue weighted by Crippen LogP contribution is -2.19. The number of hydrogen-bond acceptors (Lipinski definition) is 2. The van der Waals surface area contributed by atoms with Crippen molar-refractivity contribution in [2.45, 2.75) is 19.3 Å². The number of rotatable bonds is 2. The molecule has 1 aromatic heterocycles. The van der Waals surface area contributed by atoms with Crippen LogP contribution in [0.15, 0.2) is 36.5 Å².